The van der Waals surface area contributed by atoms with Crippen molar-refractivity contribution in [2.24, 2.45) is 23.0 Å². The quantitative estimate of drug-likeness (QED) is 0.279. The summed E-state index contributed by atoms with van der Waals surface area (Å²) in [4.78, 5) is 12.9. The Labute approximate surface area is 196 Å². The Morgan fingerprint density at radius 1 is 1.13 bits per heavy atom. The first-order chi connectivity index (χ1) is 14.0. The molecule has 0 saturated heterocycles. The van der Waals surface area contributed by atoms with Crippen LogP contribution in [0, 0.1) is 17.3 Å². The Balaban J connectivity index is 1.75. The van der Waals surface area contributed by atoms with Gasteiger partial charge in [-0.25, -0.2) is 0 Å². The fourth-order valence-electron chi connectivity index (χ4n) is 3.69. The number of benzene rings is 2. The summed E-state index contributed by atoms with van der Waals surface area (Å²) in [6, 6.07) is 16.5. The van der Waals surface area contributed by atoms with E-state index in [1.807, 2.05) is 44.2 Å². The molecule has 160 valence electrons. The maximum atomic E-state index is 12.9. The first-order valence-electron chi connectivity index (χ1n) is 9.38. The average Bonchev–Trinajstić information content (AvgIpc) is 3.18. The minimum atomic E-state index is -1.43. The average molecular weight is 487 g/mol. The van der Waals surface area contributed by atoms with Gasteiger partial charge in [-0.3, -0.25) is 4.79 Å². The van der Waals surface area contributed by atoms with E-state index >= 15 is 0 Å². The van der Waals surface area contributed by atoms with Crippen molar-refractivity contribution in [3.8, 4) is 11.5 Å². The molecule has 0 radical (unpaired) electrons. The standard InChI is InChI=1S/C22H22Cl3NO3S/c1-21(2)16(12-22(23,24)25)17(21)20(27)29-18(19(26)30)13-7-6-10-15(11-13)28-14-8-4-3-5-9-14/h3-11,16-18H,12H2,1-2H3,(H2,26,30). The number of hydrogen-bond acceptors (Lipinski definition) is 4. The van der Waals surface area contributed by atoms with Gasteiger partial charge in [-0.1, -0.05) is 91.2 Å². The number of ether oxygens (including phenoxy) is 2. The third-order valence-corrected chi connectivity index (χ3v) is 6.06. The number of para-hydroxylation sites is 1. The first kappa shape index (κ1) is 23.1. The predicted molar refractivity (Wildman–Crippen MR) is 124 cm³/mol. The molecule has 3 rings (SSSR count). The molecule has 1 aliphatic carbocycles. The van der Waals surface area contributed by atoms with Crippen molar-refractivity contribution in [3.05, 3.63) is 60.2 Å². The van der Waals surface area contributed by atoms with Crippen LogP contribution in [0.5, 0.6) is 11.5 Å². The summed E-state index contributed by atoms with van der Waals surface area (Å²) in [5.41, 5.74) is 6.19. The molecule has 3 unspecified atom stereocenters. The second-order valence-corrected chi connectivity index (χ2v) is 10.9. The number of carbonyl (C=O) groups is 1. The van der Waals surface area contributed by atoms with Gasteiger partial charge in [-0.2, -0.15) is 0 Å². The van der Waals surface area contributed by atoms with E-state index in [1.54, 1.807) is 24.3 Å². The predicted octanol–water partition coefficient (Wildman–Crippen LogP) is 6.38. The van der Waals surface area contributed by atoms with Crippen LogP contribution in [0.1, 0.15) is 31.9 Å². The number of alkyl halides is 3. The largest absolute Gasteiger partial charge is 0.457 e. The second-order valence-electron chi connectivity index (χ2n) is 7.93. The summed E-state index contributed by atoms with van der Waals surface area (Å²) >= 11 is 22.9. The molecule has 0 bridgehead atoms. The lowest BCUT2D eigenvalue weighted by molar-refractivity contribution is -0.149. The number of esters is 1. The molecule has 0 amide bonds. The van der Waals surface area contributed by atoms with E-state index in [1.165, 1.54) is 0 Å². The summed E-state index contributed by atoms with van der Waals surface area (Å²) < 4.78 is 10.1. The molecular weight excluding hydrogens is 465 g/mol. The van der Waals surface area contributed by atoms with Crippen molar-refractivity contribution < 1.29 is 14.3 Å². The number of carbonyl (C=O) groups excluding carboxylic acids is 1. The van der Waals surface area contributed by atoms with Crippen LogP contribution in [-0.4, -0.2) is 14.8 Å². The fourth-order valence-corrected chi connectivity index (χ4v) is 4.37. The van der Waals surface area contributed by atoms with Gasteiger partial charge in [-0.05, 0) is 42.0 Å². The molecule has 2 N–H and O–H groups in total. The van der Waals surface area contributed by atoms with Crippen LogP contribution in [0.4, 0.5) is 0 Å². The Hall–Kier alpha value is -1.53. The summed E-state index contributed by atoms with van der Waals surface area (Å²) in [5, 5.41) is 0. The van der Waals surface area contributed by atoms with Crippen molar-refractivity contribution in [3.63, 3.8) is 0 Å². The topological polar surface area (TPSA) is 61.5 Å². The van der Waals surface area contributed by atoms with Gasteiger partial charge in [-0.15, -0.1) is 0 Å². The van der Waals surface area contributed by atoms with Crippen LogP contribution in [0.3, 0.4) is 0 Å². The Morgan fingerprint density at radius 3 is 2.37 bits per heavy atom. The van der Waals surface area contributed by atoms with Gasteiger partial charge in [0, 0.05) is 5.56 Å². The van der Waals surface area contributed by atoms with E-state index in [2.05, 4.69) is 0 Å². The maximum absolute atomic E-state index is 12.9. The molecule has 30 heavy (non-hydrogen) atoms. The molecule has 1 fully saturated rings. The van der Waals surface area contributed by atoms with Crippen molar-refractivity contribution >= 4 is 58.0 Å². The molecule has 1 aliphatic rings. The Bertz CT molecular complexity index is 931. The number of rotatable bonds is 7. The molecule has 0 aliphatic heterocycles. The highest BCUT2D eigenvalue weighted by Gasteiger charge is 2.64. The molecule has 0 aromatic heterocycles. The smallest absolute Gasteiger partial charge is 0.310 e. The highest BCUT2D eigenvalue weighted by molar-refractivity contribution is 7.80. The van der Waals surface area contributed by atoms with Gasteiger partial charge in [0.05, 0.1) is 5.92 Å². The maximum Gasteiger partial charge on any atom is 0.310 e. The normalized spacial score (nSPS) is 20.8. The lowest BCUT2D eigenvalue weighted by Gasteiger charge is -2.18. The zero-order valence-corrected chi connectivity index (χ0v) is 19.6. The minimum Gasteiger partial charge on any atom is -0.457 e. The van der Waals surface area contributed by atoms with Crippen LogP contribution in [0.25, 0.3) is 0 Å². The molecule has 4 nitrogen and oxygen atoms in total. The van der Waals surface area contributed by atoms with Crippen LogP contribution < -0.4 is 10.5 Å². The minimum absolute atomic E-state index is 0.0524. The lowest BCUT2D eigenvalue weighted by atomic mass is 10.1. The third kappa shape index (κ3) is 5.58. The molecule has 3 atom stereocenters. The van der Waals surface area contributed by atoms with Crippen LogP contribution in [0.15, 0.2) is 54.6 Å². The summed E-state index contributed by atoms with van der Waals surface area (Å²) in [5.74, 6) is 0.363. The molecular formula is C22H22Cl3NO3S. The highest BCUT2D eigenvalue weighted by Crippen LogP contribution is 2.63. The zero-order valence-electron chi connectivity index (χ0n) is 16.5. The Kier molecular flexibility index (Phi) is 6.87. The molecule has 2 aromatic carbocycles. The van der Waals surface area contributed by atoms with E-state index < -0.39 is 21.8 Å². The monoisotopic (exact) mass is 485 g/mol. The number of thiocarbonyl (C=S) groups is 1. The van der Waals surface area contributed by atoms with E-state index in [9.17, 15) is 4.79 Å². The van der Waals surface area contributed by atoms with E-state index in [4.69, 9.17) is 62.2 Å². The van der Waals surface area contributed by atoms with Crippen molar-refractivity contribution in [1.29, 1.82) is 0 Å². The summed E-state index contributed by atoms with van der Waals surface area (Å²) in [7, 11) is 0. The summed E-state index contributed by atoms with van der Waals surface area (Å²) in [6.45, 7) is 3.90. The van der Waals surface area contributed by atoms with E-state index in [-0.39, 0.29) is 22.7 Å². The van der Waals surface area contributed by atoms with Gasteiger partial charge < -0.3 is 15.2 Å². The van der Waals surface area contributed by atoms with Gasteiger partial charge in [0.25, 0.3) is 0 Å². The second kappa shape index (κ2) is 8.91. The number of nitrogens with two attached hydrogens (primary N) is 1. The number of hydrogen-bond donors (Lipinski definition) is 1. The van der Waals surface area contributed by atoms with Gasteiger partial charge in [0.2, 0.25) is 0 Å². The molecule has 0 heterocycles. The van der Waals surface area contributed by atoms with Crippen LogP contribution in [-0.2, 0) is 9.53 Å². The SMILES string of the molecule is CC1(C)C(CC(Cl)(Cl)Cl)C1C(=O)OC(C(N)=S)c1cccc(Oc2ccccc2)c1. The zero-order chi connectivity index (χ0) is 22.1. The van der Waals surface area contributed by atoms with Gasteiger partial charge in [0.15, 0.2) is 9.90 Å². The molecule has 1 saturated carbocycles. The molecule has 0 spiro atoms. The van der Waals surface area contributed by atoms with E-state index in [0.717, 1.165) is 0 Å². The van der Waals surface area contributed by atoms with Crippen LogP contribution >= 0.6 is 47.0 Å². The lowest BCUT2D eigenvalue weighted by Crippen LogP contribution is -2.26. The van der Waals surface area contributed by atoms with Crippen molar-refractivity contribution in [2.45, 2.75) is 30.2 Å². The fraction of sp³-hybridized carbons (Fsp3) is 0.364. The first-order valence-corrected chi connectivity index (χ1v) is 10.9. The van der Waals surface area contributed by atoms with Gasteiger partial charge in [0.1, 0.15) is 16.5 Å². The Morgan fingerprint density at radius 2 is 1.77 bits per heavy atom. The molecule has 8 heteroatoms. The van der Waals surface area contributed by atoms with Gasteiger partial charge >= 0.3 is 5.97 Å². The van der Waals surface area contributed by atoms with E-state index in [0.29, 0.717) is 17.1 Å². The van der Waals surface area contributed by atoms with Crippen LogP contribution in [0.2, 0.25) is 0 Å². The third-order valence-electron chi connectivity index (χ3n) is 5.39. The summed E-state index contributed by atoms with van der Waals surface area (Å²) in [6.07, 6.45) is -0.612. The highest BCUT2D eigenvalue weighted by atomic mass is 35.6. The van der Waals surface area contributed by atoms with Crippen molar-refractivity contribution in [1.82, 2.24) is 0 Å². The van der Waals surface area contributed by atoms with Crippen molar-refractivity contribution in [2.75, 3.05) is 0 Å². The molecule has 2 aromatic rings. The number of halogens is 3.